The number of aliphatic hydroxyl groups is 1. The van der Waals surface area contributed by atoms with Gasteiger partial charge in [-0.05, 0) is 48.8 Å². The van der Waals surface area contributed by atoms with Crippen LogP contribution in [-0.4, -0.2) is 40.8 Å². The number of amides is 2. The van der Waals surface area contributed by atoms with Crippen LogP contribution in [0, 0.1) is 0 Å². The molecule has 4 rings (SSSR count). The highest BCUT2D eigenvalue weighted by molar-refractivity contribution is 5.75. The van der Waals surface area contributed by atoms with Gasteiger partial charge in [-0.2, -0.15) is 0 Å². The molecule has 2 aromatic rings. The number of nitrogens with zero attached hydrogens (tertiary/aromatic N) is 1. The van der Waals surface area contributed by atoms with Crippen LogP contribution >= 0.6 is 0 Å². The summed E-state index contributed by atoms with van der Waals surface area (Å²) in [4.78, 5) is 14.6. The fraction of sp³-hybridized carbons (Fsp3) is 0.409. The van der Waals surface area contributed by atoms with Crippen LogP contribution in [-0.2, 0) is 6.42 Å². The zero-order valence-electron chi connectivity index (χ0n) is 15.0. The van der Waals surface area contributed by atoms with Gasteiger partial charge in [0.1, 0.15) is 0 Å². The van der Waals surface area contributed by atoms with E-state index in [1.807, 2.05) is 23.1 Å². The molecule has 2 aromatic carbocycles. The summed E-state index contributed by atoms with van der Waals surface area (Å²) in [5.74, 6) is 0. The van der Waals surface area contributed by atoms with Crippen LogP contribution in [0.25, 0.3) is 11.1 Å². The molecule has 2 amide bonds. The van der Waals surface area contributed by atoms with Gasteiger partial charge in [-0.1, -0.05) is 54.6 Å². The highest BCUT2D eigenvalue weighted by Crippen LogP contribution is 2.35. The number of nitrogens with one attached hydrogen (secondary N) is 1. The smallest absolute Gasteiger partial charge is 0.317 e. The Morgan fingerprint density at radius 3 is 2.42 bits per heavy atom. The number of carbonyl (C=O) groups is 1. The predicted octanol–water partition coefficient (Wildman–Crippen LogP) is 3.59. The number of rotatable bonds is 4. The molecule has 0 aromatic heterocycles. The molecule has 4 heteroatoms. The highest BCUT2D eigenvalue weighted by Gasteiger charge is 2.42. The molecule has 0 radical (unpaired) electrons. The molecule has 2 unspecified atom stereocenters. The standard InChI is InChI=1S/C22H26N2O2/c25-21-14-19-9-10-20(15-21)24(19)22(26)23-12-11-16-5-4-8-18(13-16)17-6-2-1-3-7-17/h1-8,13,19-21,25H,9-12,14-15H2,(H,23,26). The molecule has 2 N–H and O–H groups in total. The van der Waals surface area contributed by atoms with E-state index in [2.05, 4.69) is 41.7 Å². The predicted molar refractivity (Wildman–Crippen MR) is 103 cm³/mol. The van der Waals surface area contributed by atoms with Crippen LogP contribution in [0.5, 0.6) is 0 Å². The van der Waals surface area contributed by atoms with Gasteiger partial charge in [0, 0.05) is 18.6 Å². The van der Waals surface area contributed by atoms with Crippen molar-refractivity contribution in [3.05, 3.63) is 60.2 Å². The fourth-order valence-electron chi connectivity index (χ4n) is 4.42. The molecule has 0 aliphatic carbocycles. The Hall–Kier alpha value is -2.33. The van der Waals surface area contributed by atoms with E-state index in [9.17, 15) is 9.90 Å². The lowest BCUT2D eigenvalue weighted by Gasteiger charge is -2.37. The monoisotopic (exact) mass is 350 g/mol. The second-order valence-electron chi connectivity index (χ2n) is 7.47. The number of urea groups is 1. The van der Waals surface area contributed by atoms with Gasteiger partial charge in [0.2, 0.25) is 0 Å². The first kappa shape index (κ1) is 17.1. The van der Waals surface area contributed by atoms with Crippen molar-refractivity contribution in [2.24, 2.45) is 0 Å². The number of aliphatic hydroxyl groups excluding tert-OH is 1. The molecule has 136 valence electrons. The van der Waals surface area contributed by atoms with Gasteiger partial charge >= 0.3 is 6.03 Å². The molecule has 2 aliphatic heterocycles. The van der Waals surface area contributed by atoms with Crippen LogP contribution in [0.4, 0.5) is 4.79 Å². The molecule has 2 fully saturated rings. The minimum absolute atomic E-state index is 0.0311. The zero-order valence-corrected chi connectivity index (χ0v) is 15.0. The van der Waals surface area contributed by atoms with Crippen molar-refractivity contribution >= 4 is 6.03 Å². The highest BCUT2D eigenvalue weighted by atomic mass is 16.3. The molecular weight excluding hydrogens is 324 g/mol. The van der Waals surface area contributed by atoms with E-state index >= 15 is 0 Å². The van der Waals surface area contributed by atoms with Gasteiger partial charge < -0.3 is 15.3 Å². The fourth-order valence-corrected chi connectivity index (χ4v) is 4.42. The van der Waals surface area contributed by atoms with Crippen molar-refractivity contribution in [3.8, 4) is 11.1 Å². The Kier molecular flexibility index (Phi) is 4.93. The van der Waals surface area contributed by atoms with E-state index in [1.165, 1.54) is 16.7 Å². The van der Waals surface area contributed by atoms with E-state index in [4.69, 9.17) is 0 Å². The second kappa shape index (κ2) is 7.50. The molecule has 0 spiro atoms. The maximum absolute atomic E-state index is 12.6. The summed E-state index contributed by atoms with van der Waals surface area (Å²) in [6.07, 6.45) is 4.07. The summed E-state index contributed by atoms with van der Waals surface area (Å²) in [5, 5.41) is 13.0. The largest absolute Gasteiger partial charge is 0.393 e. The summed E-state index contributed by atoms with van der Waals surface area (Å²) in [6.45, 7) is 0.634. The molecule has 2 saturated heterocycles. The zero-order chi connectivity index (χ0) is 17.9. The van der Waals surface area contributed by atoms with Crippen molar-refractivity contribution in [2.45, 2.75) is 50.3 Å². The van der Waals surface area contributed by atoms with E-state index in [0.717, 1.165) is 32.1 Å². The van der Waals surface area contributed by atoms with Gasteiger partial charge in [0.25, 0.3) is 0 Å². The van der Waals surface area contributed by atoms with Crippen LogP contribution in [0.3, 0.4) is 0 Å². The van der Waals surface area contributed by atoms with Crippen LogP contribution in [0.1, 0.15) is 31.2 Å². The first-order valence-electron chi connectivity index (χ1n) is 9.59. The third kappa shape index (κ3) is 3.61. The molecule has 0 saturated carbocycles. The van der Waals surface area contributed by atoms with E-state index in [1.54, 1.807) is 0 Å². The normalized spacial score (nSPS) is 24.5. The molecule has 2 heterocycles. The first-order chi connectivity index (χ1) is 12.7. The Morgan fingerprint density at radius 2 is 1.69 bits per heavy atom. The van der Waals surface area contributed by atoms with E-state index in [0.29, 0.717) is 6.54 Å². The minimum atomic E-state index is -0.239. The van der Waals surface area contributed by atoms with E-state index in [-0.39, 0.29) is 24.2 Å². The Morgan fingerprint density at radius 1 is 1.00 bits per heavy atom. The Balaban J connectivity index is 1.33. The number of hydrogen-bond donors (Lipinski definition) is 2. The lowest BCUT2D eigenvalue weighted by atomic mass is 10.0. The topological polar surface area (TPSA) is 52.6 Å². The average molecular weight is 350 g/mol. The van der Waals surface area contributed by atoms with Crippen molar-refractivity contribution in [1.82, 2.24) is 10.2 Å². The van der Waals surface area contributed by atoms with E-state index < -0.39 is 0 Å². The van der Waals surface area contributed by atoms with Gasteiger partial charge in [0.15, 0.2) is 0 Å². The van der Waals surface area contributed by atoms with Crippen molar-refractivity contribution in [1.29, 1.82) is 0 Å². The summed E-state index contributed by atoms with van der Waals surface area (Å²) >= 11 is 0. The SMILES string of the molecule is O=C(NCCc1cccc(-c2ccccc2)c1)N1C2CCC1CC(O)C2. The Bertz CT molecular complexity index is 748. The summed E-state index contributed by atoms with van der Waals surface area (Å²) in [7, 11) is 0. The minimum Gasteiger partial charge on any atom is -0.393 e. The van der Waals surface area contributed by atoms with Gasteiger partial charge in [-0.3, -0.25) is 0 Å². The van der Waals surface area contributed by atoms with Crippen LogP contribution in [0.2, 0.25) is 0 Å². The van der Waals surface area contributed by atoms with Crippen LogP contribution < -0.4 is 5.32 Å². The molecule has 4 nitrogen and oxygen atoms in total. The summed E-state index contributed by atoms with van der Waals surface area (Å²) in [6, 6.07) is 19.3. The maximum Gasteiger partial charge on any atom is 0.317 e. The van der Waals surface area contributed by atoms with Gasteiger partial charge in [-0.25, -0.2) is 4.79 Å². The third-order valence-electron chi connectivity index (χ3n) is 5.67. The Labute approximate surface area is 154 Å². The molecule has 26 heavy (non-hydrogen) atoms. The lowest BCUT2D eigenvalue weighted by Crippen LogP contribution is -2.52. The third-order valence-corrected chi connectivity index (χ3v) is 5.67. The van der Waals surface area contributed by atoms with Gasteiger partial charge in [0.05, 0.1) is 6.10 Å². The second-order valence-corrected chi connectivity index (χ2v) is 7.47. The summed E-state index contributed by atoms with van der Waals surface area (Å²) in [5.41, 5.74) is 3.64. The molecular formula is C22H26N2O2. The average Bonchev–Trinajstić information content (AvgIpc) is 2.94. The number of hydrogen-bond acceptors (Lipinski definition) is 2. The quantitative estimate of drug-likeness (QED) is 0.885. The van der Waals surface area contributed by atoms with Crippen molar-refractivity contribution in [2.75, 3.05) is 6.54 Å². The lowest BCUT2D eigenvalue weighted by molar-refractivity contribution is 0.0543. The van der Waals surface area contributed by atoms with Crippen molar-refractivity contribution in [3.63, 3.8) is 0 Å². The molecule has 2 atom stereocenters. The molecule has 2 bridgehead atoms. The number of benzene rings is 2. The number of carbonyl (C=O) groups excluding carboxylic acids is 1. The van der Waals surface area contributed by atoms with Crippen LogP contribution in [0.15, 0.2) is 54.6 Å². The summed E-state index contributed by atoms with van der Waals surface area (Å²) < 4.78 is 0. The maximum atomic E-state index is 12.6. The van der Waals surface area contributed by atoms with Crippen molar-refractivity contribution < 1.29 is 9.90 Å². The number of piperidine rings is 1. The number of fused-ring (bicyclic) bond motifs is 2. The van der Waals surface area contributed by atoms with Gasteiger partial charge in [-0.15, -0.1) is 0 Å². The molecule has 2 aliphatic rings. The first-order valence-corrected chi connectivity index (χ1v) is 9.59.